The van der Waals surface area contributed by atoms with Gasteiger partial charge in [0.15, 0.2) is 0 Å². The fraction of sp³-hybridized carbons (Fsp3) is 0.462. The molecule has 92 valence electrons. The second-order valence-electron chi connectivity index (χ2n) is 4.11. The van der Waals surface area contributed by atoms with E-state index in [9.17, 15) is 0 Å². The molecule has 0 fully saturated rings. The van der Waals surface area contributed by atoms with E-state index in [0.29, 0.717) is 6.54 Å². The van der Waals surface area contributed by atoms with Gasteiger partial charge in [0.1, 0.15) is 5.82 Å². The largest absolute Gasteiger partial charge is 0.395 e. The van der Waals surface area contributed by atoms with Crippen LogP contribution in [0.1, 0.15) is 25.7 Å². The van der Waals surface area contributed by atoms with E-state index in [4.69, 9.17) is 5.11 Å². The number of fused-ring (bicyclic) bond motifs is 1. The maximum Gasteiger partial charge on any atom is 0.126 e. The molecule has 17 heavy (non-hydrogen) atoms. The Bertz CT molecular complexity index is 492. The van der Waals surface area contributed by atoms with Gasteiger partial charge < -0.3 is 15.0 Å². The third-order valence-corrected chi connectivity index (χ3v) is 2.91. The summed E-state index contributed by atoms with van der Waals surface area (Å²) in [6.45, 7) is 5.80. The molecule has 0 bridgehead atoms. The third kappa shape index (κ3) is 2.33. The molecule has 1 heterocycles. The lowest BCUT2D eigenvalue weighted by molar-refractivity contribution is 0.274. The molecule has 2 N–H and O–H groups in total. The van der Waals surface area contributed by atoms with E-state index in [-0.39, 0.29) is 12.6 Å². The first kappa shape index (κ1) is 12.1. The summed E-state index contributed by atoms with van der Waals surface area (Å²) >= 11 is 0. The lowest BCUT2D eigenvalue weighted by atomic mass is 10.3. The number of hydrogen-bond donors (Lipinski definition) is 2. The molecular formula is C13H19N3O. The first-order chi connectivity index (χ1) is 8.27. The molecule has 4 heteroatoms. The Morgan fingerprint density at radius 1 is 1.41 bits per heavy atom. The van der Waals surface area contributed by atoms with Crippen molar-refractivity contribution in [2.45, 2.75) is 26.4 Å². The van der Waals surface area contributed by atoms with Gasteiger partial charge in [-0.3, -0.25) is 0 Å². The van der Waals surface area contributed by atoms with Crippen LogP contribution in [0.4, 0.5) is 0 Å². The Hall–Kier alpha value is -1.39. The summed E-state index contributed by atoms with van der Waals surface area (Å²) < 4.78 is 2.09. The minimum absolute atomic E-state index is 0.131. The zero-order valence-corrected chi connectivity index (χ0v) is 10.3. The van der Waals surface area contributed by atoms with Gasteiger partial charge in [0.2, 0.25) is 0 Å². The smallest absolute Gasteiger partial charge is 0.126 e. The molecule has 1 atom stereocenters. The molecule has 0 saturated heterocycles. The quantitative estimate of drug-likeness (QED) is 0.826. The van der Waals surface area contributed by atoms with E-state index in [2.05, 4.69) is 28.7 Å². The molecule has 0 aliphatic rings. The first-order valence-electron chi connectivity index (χ1n) is 6.07. The summed E-state index contributed by atoms with van der Waals surface area (Å²) in [5.74, 6) is 0.988. The zero-order chi connectivity index (χ0) is 12.3. The normalized spacial score (nSPS) is 13.1. The van der Waals surface area contributed by atoms with Crippen LogP contribution in [0.2, 0.25) is 0 Å². The van der Waals surface area contributed by atoms with Crippen molar-refractivity contribution in [3.8, 4) is 0 Å². The maximum atomic E-state index is 9.16. The summed E-state index contributed by atoms with van der Waals surface area (Å²) in [5, 5.41) is 12.5. The van der Waals surface area contributed by atoms with Crippen molar-refractivity contribution in [3.63, 3.8) is 0 Å². The number of rotatable bonds is 5. The van der Waals surface area contributed by atoms with Crippen LogP contribution in [0.5, 0.6) is 0 Å². The Balaban J connectivity index is 2.49. The van der Waals surface area contributed by atoms with Gasteiger partial charge in [-0.25, -0.2) is 4.98 Å². The summed E-state index contributed by atoms with van der Waals surface area (Å²) in [6, 6.07) is 8.23. The minimum atomic E-state index is 0.131. The second-order valence-corrected chi connectivity index (χ2v) is 4.11. The van der Waals surface area contributed by atoms with Gasteiger partial charge in [-0.2, -0.15) is 0 Å². The molecule has 2 rings (SSSR count). The van der Waals surface area contributed by atoms with Crippen molar-refractivity contribution in [2.75, 3.05) is 13.2 Å². The average Bonchev–Trinajstić information content (AvgIpc) is 2.70. The van der Waals surface area contributed by atoms with E-state index >= 15 is 0 Å². The Kier molecular flexibility index (Phi) is 3.76. The molecule has 2 aromatic rings. The highest BCUT2D eigenvalue weighted by Gasteiger charge is 2.14. The van der Waals surface area contributed by atoms with Crippen LogP contribution >= 0.6 is 0 Å². The number of aliphatic hydroxyl groups excluding tert-OH is 1. The van der Waals surface area contributed by atoms with Gasteiger partial charge in [-0.05, 0) is 25.6 Å². The molecule has 0 aliphatic carbocycles. The van der Waals surface area contributed by atoms with E-state index in [1.807, 2.05) is 24.3 Å². The van der Waals surface area contributed by atoms with Gasteiger partial charge in [-0.1, -0.05) is 19.1 Å². The van der Waals surface area contributed by atoms with Crippen molar-refractivity contribution in [1.82, 2.24) is 14.9 Å². The first-order valence-corrected chi connectivity index (χ1v) is 6.07. The van der Waals surface area contributed by atoms with Crippen LogP contribution in [0.3, 0.4) is 0 Å². The number of imidazole rings is 1. The van der Waals surface area contributed by atoms with Crippen LogP contribution in [0, 0.1) is 0 Å². The van der Waals surface area contributed by atoms with E-state index < -0.39 is 0 Å². The summed E-state index contributed by atoms with van der Waals surface area (Å²) in [4.78, 5) is 4.64. The van der Waals surface area contributed by atoms with Crippen LogP contribution in [0.15, 0.2) is 24.3 Å². The number of nitrogens with one attached hydrogen (secondary N) is 1. The topological polar surface area (TPSA) is 50.1 Å². The van der Waals surface area contributed by atoms with Gasteiger partial charge in [0.05, 0.1) is 23.7 Å². The Morgan fingerprint density at radius 3 is 2.88 bits per heavy atom. The van der Waals surface area contributed by atoms with E-state index in [0.717, 1.165) is 23.4 Å². The molecule has 0 aliphatic heterocycles. The Morgan fingerprint density at radius 2 is 2.18 bits per heavy atom. The van der Waals surface area contributed by atoms with Gasteiger partial charge >= 0.3 is 0 Å². The Labute approximate surface area is 101 Å². The third-order valence-electron chi connectivity index (χ3n) is 2.91. The van der Waals surface area contributed by atoms with Crippen molar-refractivity contribution in [3.05, 3.63) is 30.1 Å². The maximum absolute atomic E-state index is 9.16. The van der Waals surface area contributed by atoms with Crippen LogP contribution < -0.4 is 5.32 Å². The number of hydrogen-bond acceptors (Lipinski definition) is 3. The summed E-state index contributed by atoms with van der Waals surface area (Å²) in [5.41, 5.74) is 2.07. The fourth-order valence-corrected chi connectivity index (χ4v) is 2.16. The molecule has 1 aromatic carbocycles. The highest BCUT2D eigenvalue weighted by molar-refractivity contribution is 5.76. The van der Waals surface area contributed by atoms with Gasteiger partial charge in [0.25, 0.3) is 0 Å². The van der Waals surface area contributed by atoms with Crippen molar-refractivity contribution in [1.29, 1.82) is 0 Å². The molecule has 1 unspecified atom stereocenters. The minimum Gasteiger partial charge on any atom is -0.395 e. The van der Waals surface area contributed by atoms with Gasteiger partial charge in [0, 0.05) is 6.54 Å². The lowest BCUT2D eigenvalue weighted by Gasteiger charge is -2.14. The molecule has 1 aromatic heterocycles. The molecule has 0 radical (unpaired) electrons. The van der Waals surface area contributed by atoms with Crippen LogP contribution in [0.25, 0.3) is 11.0 Å². The summed E-state index contributed by atoms with van der Waals surface area (Å²) in [6.07, 6.45) is 0. The number of benzene rings is 1. The zero-order valence-electron chi connectivity index (χ0n) is 10.3. The van der Waals surface area contributed by atoms with Crippen molar-refractivity contribution < 1.29 is 5.11 Å². The van der Waals surface area contributed by atoms with E-state index in [1.165, 1.54) is 0 Å². The highest BCUT2D eigenvalue weighted by Crippen LogP contribution is 2.20. The molecular weight excluding hydrogens is 214 g/mol. The average molecular weight is 233 g/mol. The van der Waals surface area contributed by atoms with E-state index in [1.54, 1.807) is 0 Å². The fourth-order valence-electron chi connectivity index (χ4n) is 2.16. The number of para-hydroxylation sites is 2. The lowest BCUT2D eigenvalue weighted by Crippen LogP contribution is -2.22. The SMILES string of the molecule is CCNC(C)c1nc2ccccc2n1CCO. The van der Waals surface area contributed by atoms with Crippen molar-refractivity contribution >= 4 is 11.0 Å². The van der Waals surface area contributed by atoms with Gasteiger partial charge in [-0.15, -0.1) is 0 Å². The van der Waals surface area contributed by atoms with Crippen LogP contribution in [-0.2, 0) is 6.54 Å². The monoisotopic (exact) mass is 233 g/mol. The predicted octanol–water partition coefficient (Wildman–Crippen LogP) is 1.70. The number of aromatic nitrogens is 2. The molecule has 0 spiro atoms. The summed E-state index contributed by atoms with van der Waals surface area (Å²) in [7, 11) is 0. The van der Waals surface area contributed by atoms with Crippen LogP contribution in [-0.4, -0.2) is 27.8 Å². The second kappa shape index (κ2) is 5.29. The highest BCUT2D eigenvalue weighted by atomic mass is 16.3. The molecule has 4 nitrogen and oxygen atoms in total. The molecule has 0 saturated carbocycles. The standard InChI is InChI=1S/C13H19N3O/c1-3-14-10(2)13-15-11-6-4-5-7-12(11)16(13)8-9-17/h4-7,10,14,17H,3,8-9H2,1-2H3. The predicted molar refractivity (Wildman–Crippen MR) is 68.9 cm³/mol. The number of nitrogens with zero attached hydrogens (tertiary/aromatic N) is 2. The number of aliphatic hydroxyl groups is 1. The van der Waals surface area contributed by atoms with Crippen molar-refractivity contribution in [2.24, 2.45) is 0 Å². The molecule has 0 amide bonds.